The van der Waals surface area contributed by atoms with Gasteiger partial charge in [0.25, 0.3) is 0 Å². The van der Waals surface area contributed by atoms with E-state index in [0.29, 0.717) is 30.3 Å². The average molecular weight is 558 g/mol. The average Bonchev–Trinajstić information content (AvgIpc) is 3.35. The molecule has 0 N–H and O–H groups in total. The van der Waals surface area contributed by atoms with E-state index < -0.39 is 6.37 Å². The van der Waals surface area contributed by atoms with Crippen LogP contribution in [-0.2, 0) is 5.41 Å². The summed E-state index contributed by atoms with van der Waals surface area (Å²) in [6.07, 6.45) is 1.74. The third-order valence-electron chi connectivity index (χ3n) is 9.23. The van der Waals surface area contributed by atoms with Crippen LogP contribution in [0.5, 0.6) is 0 Å². The van der Waals surface area contributed by atoms with Crippen LogP contribution < -0.4 is 0 Å². The van der Waals surface area contributed by atoms with Gasteiger partial charge >= 0.3 is 0 Å². The number of fused-ring (bicyclic) bond motifs is 5. The molecule has 0 unspecified atom stereocenters. The monoisotopic (exact) mass is 557 g/mol. The molecule has 0 aliphatic heterocycles. The quantitative estimate of drug-likeness (QED) is 0.216. The zero-order valence-corrected chi connectivity index (χ0v) is 24.2. The Balaban J connectivity index is 1.20. The van der Waals surface area contributed by atoms with Crippen LogP contribution in [0, 0.1) is 6.92 Å². The molecule has 208 valence electrons. The highest BCUT2D eigenvalue weighted by atomic mass is 15.0. The van der Waals surface area contributed by atoms with Gasteiger partial charge in [0.15, 0.2) is 17.5 Å². The lowest BCUT2D eigenvalue weighted by molar-refractivity contribution is 0.353. The molecule has 0 radical (unpaired) electrons. The summed E-state index contributed by atoms with van der Waals surface area (Å²) in [7, 11) is 0. The van der Waals surface area contributed by atoms with E-state index in [-0.39, 0.29) is 5.41 Å². The van der Waals surface area contributed by atoms with Gasteiger partial charge in [-0.3, -0.25) is 0 Å². The predicted octanol–water partition coefficient (Wildman–Crippen LogP) is 10.1. The fourth-order valence-electron chi connectivity index (χ4n) is 7.05. The molecule has 0 bridgehead atoms. The van der Waals surface area contributed by atoms with Gasteiger partial charge in [-0.2, -0.15) is 0 Å². The third kappa shape index (κ3) is 4.39. The molecule has 1 fully saturated rings. The van der Waals surface area contributed by atoms with Crippen LogP contribution in [0.3, 0.4) is 0 Å². The largest absolute Gasteiger partial charge is 0.208 e. The zero-order chi connectivity index (χ0) is 30.6. The molecule has 43 heavy (non-hydrogen) atoms. The highest BCUT2D eigenvalue weighted by Crippen LogP contribution is 2.56. The Bertz CT molecular complexity index is 1990. The molecule has 3 nitrogen and oxygen atoms in total. The van der Waals surface area contributed by atoms with E-state index in [1.165, 1.54) is 27.8 Å². The first-order valence-electron chi connectivity index (χ1n) is 16.1. The molecule has 6 aromatic rings. The van der Waals surface area contributed by atoms with Crippen molar-refractivity contribution >= 4 is 0 Å². The Kier molecular flexibility index (Phi) is 5.74. The topological polar surface area (TPSA) is 38.7 Å². The zero-order valence-electron chi connectivity index (χ0n) is 26.2. The van der Waals surface area contributed by atoms with Crippen molar-refractivity contribution in [2.45, 2.75) is 44.4 Å². The van der Waals surface area contributed by atoms with Crippen molar-refractivity contribution in [3.63, 3.8) is 0 Å². The SMILES string of the molecule is [2H]C1([2H])CCC2(CC1)c1ccccc1-c1ccc(-c3ccc(-c4nc(-c5ccccc5)nc(-c5ccccc5)n4)c(C)c3)cc12. The minimum Gasteiger partial charge on any atom is -0.208 e. The number of rotatable bonds is 4. The summed E-state index contributed by atoms with van der Waals surface area (Å²) in [6, 6.07) is 42.3. The molecule has 3 heteroatoms. The van der Waals surface area contributed by atoms with Crippen LogP contribution in [0.2, 0.25) is 0 Å². The van der Waals surface area contributed by atoms with Crippen molar-refractivity contribution in [3.8, 4) is 56.4 Å². The van der Waals surface area contributed by atoms with Crippen LogP contribution in [-0.4, -0.2) is 15.0 Å². The van der Waals surface area contributed by atoms with Gasteiger partial charge in [0.1, 0.15) is 0 Å². The third-order valence-corrected chi connectivity index (χ3v) is 9.23. The predicted molar refractivity (Wildman–Crippen MR) is 176 cm³/mol. The van der Waals surface area contributed by atoms with Crippen molar-refractivity contribution in [2.75, 3.05) is 0 Å². The van der Waals surface area contributed by atoms with Gasteiger partial charge in [-0.25, -0.2) is 15.0 Å². The normalized spacial score (nSPS) is 16.7. The summed E-state index contributed by atoms with van der Waals surface area (Å²) in [4.78, 5) is 14.7. The lowest BCUT2D eigenvalue weighted by Gasteiger charge is -2.36. The van der Waals surface area contributed by atoms with Gasteiger partial charge in [-0.1, -0.05) is 134 Å². The smallest absolute Gasteiger partial charge is 0.164 e. The number of aromatic nitrogens is 3. The molecule has 1 saturated carbocycles. The molecule has 2 aliphatic carbocycles. The number of hydrogen-bond donors (Lipinski definition) is 0. The lowest BCUT2D eigenvalue weighted by Crippen LogP contribution is -2.28. The Labute approximate surface area is 256 Å². The standard InChI is InChI=1S/C40H33N3/c1-27-25-30(31-20-22-34-33-17-9-10-18-35(33)40(36(34)26-31)23-11-4-12-24-40)19-21-32(27)39-42-37(28-13-5-2-6-14-28)41-38(43-39)29-15-7-3-8-16-29/h2-3,5-10,13-22,25-26H,4,11-12,23-24H2,1H3/i4D2. The first-order valence-corrected chi connectivity index (χ1v) is 15.1. The molecule has 8 rings (SSSR count). The van der Waals surface area contributed by atoms with Crippen LogP contribution in [0.4, 0.5) is 0 Å². The number of aryl methyl sites for hydroxylation is 1. The summed E-state index contributed by atoms with van der Waals surface area (Å²) in [5.74, 6) is 1.97. The van der Waals surface area contributed by atoms with E-state index in [0.717, 1.165) is 40.7 Å². The second kappa shape index (κ2) is 10.4. The fraction of sp³-hybridized carbons (Fsp3) is 0.175. The first kappa shape index (κ1) is 23.6. The maximum atomic E-state index is 8.41. The molecular formula is C40H33N3. The maximum absolute atomic E-state index is 8.41. The van der Waals surface area contributed by atoms with E-state index in [9.17, 15) is 0 Å². The van der Waals surface area contributed by atoms with Crippen LogP contribution in [0.15, 0.2) is 121 Å². The first-order chi connectivity index (χ1) is 21.9. The van der Waals surface area contributed by atoms with Gasteiger partial charge in [-0.15, -0.1) is 0 Å². The van der Waals surface area contributed by atoms with E-state index in [2.05, 4.69) is 67.6 Å². The molecule has 0 amide bonds. The van der Waals surface area contributed by atoms with Gasteiger partial charge < -0.3 is 0 Å². The molecule has 5 aromatic carbocycles. The number of hydrogen-bond acceptors (Lipinski definition) is 3. The molecule has 1 aromatic heterocycles. The Hall–Kier alpha value is -4.89. The lowest BCUT2D eigenvalue weighted by atomic mass is 9.67. The van der Waals surface area contributed by atoms with Crippen molar-refractivity contribution < 1.29 is 2.74 Å². The van der Waals surface area contributed by atoms with Crippen LogP contribution >= 0.6 is 0 Å². The minimum absolute atomic E-state index is 0.130. The molecule has 1 spiro atoms. The van der Waals surface area contributed by atoms with Gasteiger partial charge in [0.05, 0.1) is 0 Å². The summed E-state index contributed by atoms with van der Waals surface area (Å²) in [5, 5.41) is 0. The molecule has 0 saturated heterocycles. The van der Waals surface area contributed by atoms with E-state index >= 15 is 0 Å². The molecular weight excluding hydrogens is 522 g/mol. The van der Waals surface area contributed by atoms with Crippen molar-refractivity contribution in [1.29, 1.82) is 0 Å². The Morgan fingerprint density at radius 2 is 1.05 bits per heavy atom. The number of nitrogens with zero attached hydrogens (tertiary/aromatic N) is 3. The summed E-state index contributed by atoms with van der Waals surface area (Å²) >= 11 is 0. The van der Waals surface area contributed by atoms with Gasteiger partial charge in [0.2, 0.25) is 0 Å². The molecule has 2 aliphatic rings. The van der Waals surface area contributed by atoms with E-state index in [1.54, 1.807) is 0 Å². The second-order valence-corrected chi connectivity index (χ2v) is 11.7. The van der Waals surface area contributed by atoms with Crippen molar-refractivity contribution in [1.82, 2.24) is 15.0 Å². The Morgan fingerprint density at radius 1 is 0.512 bits per heavy atom. The molecule has 1 heterocycles. The minimum atomic E-state index is -1.09. The maximum Gasteiger partial charge on any atom is 0.164 e. The summed E-state index contributed by atoms with van der Waals surface area (Å²) in [5.41, 5.74) is 11.5. The van der Waals surface area contributed by atoms with Gasteiger partial charge in [0, 0.05) is 24.8 Å². The number of benzene rings is 5. The Morgan fingerprint density at radius 3 is 1.70 bits per heavy atom. The van der Waals surface area contributed by atoms with Crippen molar-refractivity contribution in [3.05, 3.63) is 138 Å². The van der Waals surface area contributed by atoms with Crippen LogP contribution in [0.1, 0.15) is 51.5 Å². The van der Waals surface area contributed by atoms with E-state index in [4.69, 9.17) is 17.7 Å². The summed E-state index contributed by atoms with van der Waals surface area (Å²) < 4.78 is 16.8. The summed E-state index contributed by atoms with van der Waals surface area (Å²) in [6.45, 7) is 2.13. The highest BCUT2D eigenvalue weighted by molar-refractivity contribution is 5.84. The van der Waals surface area contributed by atoms with Crippen LogP contribution in [0.25, 0.3) is 56.4 Å². The van der Waals surface area contributed by atoms with E-state index in [1.807, 2.05) is 60.7 Å². The van der Waals surface area contributed by atoms with Crippen molar-refractivity contribution in [2.24, 2.45) is 0 Å². The van der Waals surface area contributed by atoms with Gasteiger partial charge in [-0.05, 0) is 64.8 Å². The molecule has 0 atom stereocenters. The second-order valence-electron chi connectivity index (χ2n) is 11.7. The fourth-order valence-corrected chi connectivity index (χ4v) is 7.05. The highest BCUT2D eigenvalue weighted by Gasteiger charge is 2.43.